The van der Waals surface area contributed by atoms with Crippen LogP contribution in [-0.4, -0.2) is 30.6 Å². The molecule has 0 bridgehead atoms. The molecule has 0 aliphatic carbocycles. The third kappa shape index (κ3) is 3.70. The van der Waals surface area contributed by atoms with E-state index < -0.39 is 5.91 Å². The van der Waals surface area contributed by atoms with Crippen molar-refractivity contribution in [1.82, 2.24) is 4.98 Å². The lowest BCUT2D eigenvalue weighted by molar-refractivity contribution is 0.0530. The van der Waals surface area contributed by atoms with Crippen LogP contribution in [0.5, 0.6) is 0 Å². The molecular formula is C13H19N3O2. The van der Waals surface area contributed by atoms with E-state index in [-0.39, 0.29) is 0 Å². The Balaban J connectivity index is 1.74. The van der Waals surface area contributed by atoms with E-state index in [4.69, 9.17) is 10.5 Å². The molecule has 98 valence electrons. The lowest BCUT2D eigenvalue weighted by Crippen LogP contribution is -2.20. The summed E-state index contributed by atoms with van der Waals surface area (Å²) in [6.07, 6.45) is 4.99. The quantitative estimate of drug-likeness (QED) is 0.827. The summed E-state index contributed by atoms with van der Waals surface area (Å²) >= 11 is 0. The van der Waals surface area contributed by atoms with E-state index in [0.717, 1.165) is 38.4 Å². The first kappa shape index (κ1) is 12.8. The number of amides is 1. The van der Waals surface area contributed by atoms with Gasteiger partial charge in [0.2, 0.25) is 5.91 Å². The molecule has 1 unspecified atom stereocenters. The van der Waals surface area contributed by atoms with Gasteiger partial charge in [-0.25, -0.2) is 4.98 Å². The summed E-state index contributed by atoms with van der Waals surface area (Å²) < 4.78 is 5.43. The standard InChI is InChI=1S/C13H19N3O2/c14-13(17)11-3-4-12(16-8-11)15-6-5-10-2-1-7-18-9-10/h3-4,8,10H,1-2,5-7,9H2,(H2,14,17)(H,15,16). The number of pyridine rings is 1. The van der Waals surface area contributed by atoms with Crippen molar-refractivity contribution < 1.29 is 9.53 Å². The largest absolute Gasteiger partial charge is 0.381 e. The number of rotatable bonds is 5. The fourth-order valence-electron chi connectivity index (χ4n) is 2.08. The molecular weight excluding hydrogens is 230 g/mol. The van der Waals surface area contributed by atoms with Crippen LogP contribution in [0.4, 0.5) is 5.82 Å². The zero-order chi connectivity index (χ0) is 12.8. The number of nitrogens with two attached hydrogens (primary N) is 1. The smallest absolute Gasteiger partial charge is 0.250 e. The summed E-state index contributed by atoms with van der Waals surface area (Å²) in [5, 5.41) is 3.24. The maximum atomic E-state index is 10.9. The predicted molar refractivity (Wildman–Crippen MR) is 69.4 cm³/mol. The number of aromatic nitrogens is 1. The third-order valence-corrected chi connectivity index (χ3v) is 3.16. The SMILES string of the molecule is NC(=O)c1ccc(NCCC2CCCOC2)nc1. The van der Waals surface area contributed by atoms with Crippen LogP contribution in [0.15, 0.2) is 18.3 Å². The molecule has 3 N–H and O–H groups in total. The molecule has 2 heterocycles. The average molecular weight is 249 g/mol. The van der Waals surface area contributed by atoms with E-state index in [9.17, 15) is 4.79 Å². The van der Waals surface area contributed by atoms with Crippen molar-refractivity contribution in [2.75, 3.05) is 25.1 Å². The molecule has 5 nitrogen and oxygen atoms in total. The highest BCUT2D eigenvalue weighted by molar-refractivity contribution is 5.92. The van der Waals surface area contributed by atoms with Gasteiger partial charge in [0.1, 0.15) is 5.82 Å². The molecule has 0 saturated carbocycles. The van der Waals surface area contributed by atoms with Crippen molar-refractivity contribution in [2.45, 2.75) is 19.3 Å². The van der Waals surface area contributed by atoms with Crippen molar-refractivity contribution in [3.63, 3.8) is 0 Å². The Morgan fingerprint density at radius 3 is 3.06 bits per heavy atom. The zero-order valence-corrected chi connectivity index (χ0v) is 10.4. The first-order valence-electron chi connectivity index (χ1n) is 6.33. The number of hydrogen-bond acceptors (Lipinski definition) is 4. The second-order valence-corrected chi connectivity index (χ2v) is 4.59. The van der Waals surface area contributed by atoms with Crippen molar-refractivity contribution in [3.8, 4) is 0 Å². The number of carbonyl (C=O) groups is 1. The van der Waals surface area contributed by atoms with Gasteiger partial charge in [-0.2, -0.15) is 0 Å². The number of nitrogens with zero attached hydrogens (tertiary/aromatic N) is 1. The molecule has 0 aromatic carbocycles. The number of nitrogens with one attached hydrogen (secondary N) is 1. The molecule has 18 heavy (non-hydrogen) atoms. The van der Waals surface area contributed by atoms with Gasteiger partial charge in [-0.05, 0) is 37.3 Å². The van der Waals surface area contributed by atoms with Gasteiger partial charge in [-0.1, -0.05) is 0 Å². The minimum Gasteiger partial charge on any atom is -0.381 e. The summed E-state index contributed by atoms with van der Waals surface area (Å²) in [5.41, 5.74) is 5.58. The number of carbonyl (C=O) groups excluding carboxylic acids is 1. The van der Waals surface area contributed by atoms with Crippen LogP contribution in [0.2, 0.25) is 0 Å². The Morgan fingerprint density at radius 1 is 1.56 bits per heavy atom. The summed E-state index contributed by atoms with van der Waals surface area (Å²) in [5.74, 6) is 0.973. The topological polar surface area (TPSA) is 77.2 Å². The third-order valence-electron chi connectivity index (χ3n) is 3.16. The van der Waals surface area contributed by atoms with Gasteiger partial charge in [-0.3, -0.25) is 4.79 Å². The Hall–Kier alpha value is -1.62. The zero-order valence-electron chi connectivity index (χ0n) is 10.4. The Kier molecular flexibility index (Phi) is 4.52. The van der Waals surface area contributed by atoms with E-state index in [1.165, 1.54) is 12.6 Å². The molecule has 1 aromatic rings. The Labute approximate surface area is 107 Å². The maximum Gasteiger partial charge on any atom is 0.250 e. The van der Waals surface area contributed by atoms with Crippen LogP contribution >= 0.6 is 0 Å². The summed E-state index contributed by atoms with van der Waals surface area (Å²) in [6, 6.07) is 3.46. The molecule has 1 aliphatic rings. The summed E-state index contributed by atoms with van der Waals surface area (Å²) in [4.78, 5) is 15.0. The van der Waals surface area contributed by atoms with Crippen molar-refractivity contribution in [2.24, 2.45) is 11.7 Å². The number of anilines is 1. The first-order chi connectivity index (χ1) is 8.75. The van der Waals surface area contributed by atoms with E-state index in [0.29, 0.717) is 11.5 Å². The van der Waals surface area contributed by atoms with Gasteiger partial charge in [0.25, 0.3) is 0 Å². The normalized spacial score (nSPS) is 19.4. The van der Waals surface area contributed by atoms with Gasteiger partial charge in [0.15, 0.2) is 0 Å². The number of ether oxygens (including phenoxy) is 1. The second-order valence-electron chi connectivity index (χ2n) is 4.59. The van der Waals surface area contributed by atoms with Crippen LogP contribution in [-0.2, 0) is 4.74 Å². The average Bonchev–Trinajstić information content (AvgIpc) is 2.40. The van der Waals surface area contributed by atoms with Crippen LogP contribution < -0.4 is 11.1 Å². The Morgan fingerprint density at radius 2 is 2.44 bits per heavy atom. The molecule has 1 aliphatic heterocycles. The van der Waals surface area contributed by atoms with Crippen LogP contribution in [0.3, 0.4) is 0 Å². The van der Waals surface area contributed by atoms with Gasteiger partial charge >= 0.3 is 0 Å². The lowest BCUT2D eigenvalue weighted by atomic mass is 9.99. The second kappa shape index (κ2) is 6.35. The molecule has 2 rings (SSSR count). The molecule has 1 amide bonds. The molecule has 5 heteroatoms. The highest BCUT2D eigenvalue weighted by Gasteiger charge is 2.13. The lowest BCUT2D eigenvalue weighted by Gasteiger charge is -2.21. The molecule has 1 saturated heterocycles. The summed E-state index contributed by atoms with van der Waals surface area (Å²) in [7, 11) is 0. The molecule has 1 atom stereocenters. The molecule has 0 radical (unpaired) electrons. The van der Waals surface area contributed by atoms with E-state index >= 15 is 0 Å². The number of hydrogen-bond donors (Lipinski definition) is 2. The highest BCUT2D eigenvalue weighted by atomic mass is 16.5. The fourth-order valence-corrected chi connectivity index (χ4v) is 2.08. The molecule has 0 spiro atoms. The monoisotopic (exact) mass is 249 g/mol. The van der Waals surface area contributed by atoms with Crippen LogP contribution in [0.1, 0.15) is 29.6 Å². The van der Waals surface area contributed by atoms with E-state index in [2.05, 4.69) is 10.3 Å². The van der Waals surface area contributed by atoms with Crippen LogP contribution in [0, 0.1) is 5.92 Å². The van der Waals surface area contributed by atoms with Gasteiger partial charge in [0, 0.05) is 26.0 Å². The van der Waals surface area contributed by atoms with Crippen molar-refractivity contribution >= 4 is 11.7 Å². The van der Waals surface area contributed by atoms with Crippen molar-refractivity contribution in [3.05, 3.63) is 23.9 Å². The van der Waals surface area contributed by atoms with E-state index in [1.807, 2.05) is 0 Å². The molecule has 1 fully saturated rings. The maximum absolute atomic E-state index is 10.9. The van der Waals surface area contributed by atoms with Crippen molar-refractivity contribution in [1.29, 1.82) is 0 Å². The van der Waals surface area contributed by atoms with Crippen LogP contribution in [0.25, 0.3) is 0 Å². The van der Waals surface area contributed by atoms with E-state index in [1.54, 1.807) is 12.1 Å². The van der Waals surface area contributed by atoms with Gasteiger partial charge in [-0.15, -0.1) is 0 Å². The molecule has 1 aromatic heterocycles. The first-order valence-corrected chi connectivity index (χ1v) is 6.33. The summed E-state index contributed by atoms with van der Waals surface area (Å²) in [6.45, 7) is 2.65. The minimum atomic E-state index is -0.451. The highest BCUT2D eigenvalue weighted by Crippen LogP contribution is 2.17. The minimum absolute atomic E-state index is 0.432. The number of primary amides is 1. The fraction of sp³-hybridized carbons (Fsp3) is 0.538. The van der Waals surface area contributed by atoms with Gasteiger partial charge in [0.05, 0.1) is 5.56 Å². The predicted octanol–water partition coefficient (Wildman–Crippen LogP) is 1.41. The Bertz CT molecular complexity index is 386. The van der Waals surface area contributed by atoms with Gasteiger partial charge < -0.3 is 15.8 Å².